The molecule has 0 aliphatic carbocycles. The van der Waals surface area contributed by atoms with Crippen molar-refractivity contribution < 1.29 is 33.4 Å². The zero-order valence-corrected chi connectivity index (χ0v) is 16.6. The second-order valence-electron chi connectivity index (χ2n) is 5.97. The van der Waals surface area contributed by atoms with Crippen LogP contribution in [-0.2, 0) is 14.3 Å². The number of hydrogen-bond donors (Lipinski definition) is 2. The molecular formula is C21H22N2O7. The number of nitrogens with one attached hydrogen (secondary N) is 2. The molecule has 0 fully saturated rings. The lowest BCUT2D eigenvalue weighted by molar-refractivity contribution is -0.149. The number of methoxy groups -OCH3 is 1. The highest BCUT2D eigenvalue weighted by Crippen LogP contribution is 2.27. The number of anilines is 1. The van der Waals surface area contributed by atoms with Crippen LogP contribution < -0.4 is 20.1 Å². The summed E-state index contributed by atoms with van der Waals surface area (Å²) < 4.78 is 15.3. The van der Waals surface area contributed by atoms with Crippen LogP contribution in [0.4, 0.5) is 5.69 Å². The largest absolute Gasteiger partial charge is 0.493 e. The summed E-state index contributed by atoms with van der Waals surface area (Å²) in [7, 11) is 1.40. The number of amides is 2. The number of benzene rings is 2. The van der Waals surface area contributed by atoms with Crippen molar-refractivity contribution >= 4 is 29.8 Å². The van der Waals surface area contributed by atoms with Gasteiger partial charge in [-0.1, -0.05) is 6.07 Å². The first-order chi connectivity index (χ1) is 14.5. The summed E-state index contributed by atoms with van der Waals surface area (Å²) in [5.41, 5.74) is 1.19. The Morgan fingerprint density at radius 3 is 2.53 bits per heavy atom. The molecule has 30 heavy (non-hydrogen) atoms. The van der Waals surface area contributed by atoms with Gasteiger partial charge < -0.3 is 24.8 Å². The second-order valence-corrected chi connectivity index (χ2v) is 5.97. The highest BCUT2D eigenvalue weighted by Gasteiger charge is 2.12. The molecule has 0 saturated carbocycles. The van der Waals surface area contributed by atoms with Gasteiger partial charge in [0, 0.05) is 23.4 Å². The molecule has 0 bridgehead atoms. The molecule has 9 nitrogen and oxygen atoms in total. The lowest BCUT2D eigenvalue weighted by atomic mass is 10.2. The summed E-state index contributed by atoms with van der Waals surface area (Å²) in [5.74, 6) is -1.04. The van der Waals surface area contributed by atoms with Crippen molar-refractivity contribution in [3.8, 4) is 11.5 Å². The van der Waals surface area contributed by atoms with Gasteiger partial charge in [0.05, 0.1) is 7.11 Å². The Morgan fingerprint density at radius 1 is 1.03 bits per heavy atom. The van der Waals surface area contributed by atoms with Crippen LogP contribution in [-0.4, -0.2) is 50.9 Å². The number of esters is 1. The SMILES string of the molecule is CCNC(=O)c1cccc(NC(=O)COC(=O)COc2ccc(C=O)cc2OC)c1. The minimum absolute atomic E-state index is 0.256. The summed E-state index contributed by atoms with van der Waals surface area (Å²) in [6, 6.07) is 10.8. The van der Waals surface area contributed by atoms with E-state index in [0.29, 0.717) is 29.6 Å². The first-order valence-electron chi connectivity index (χ1n) is 9.06. The maximum atomic E-state index is 12.0. The van der Waals surface area contributed by atoms with Gasteiger partial charge in [-0.25, -0.2) is 4.79 Å². The predicted octanol–water partition coefficient (Wildman–Crippen LogP) is 1.82. The molecule has 9 heteroatoms. The molecule has 0 atom stereocenters. The van der Waals surface area contributed by atoms with Crippen LogP contribution in [0.2, 0.25) is 0 Å². The van der Waals surface area contributed by atoms with E-state index in [9.17, 15) is 19.2 Å². The quantitative estimate of drug-likeness (QED) is 0.449. The molecule has 0 radical (unpaired) electrons. The fourth-order valence-corrected chi connectivity index (χ4v) is 2.40. The first-order valence-corrected chi connectivity index (χ1v) is 9.06. The fourth-order valence-electron chi connectivity index (χ4n) is 2.40. The minimum Gasteiger partial charge on any atom is -0.493 e. The molecular weight excluding hydrogens is 392 g/mol. The van der Waals surface area contributed by atoms with E-state index < -0.39 is 25.1 Å². The zero-order chi connectivity index (χ0) is 21.9. The van der Waals surface area contributed by atoms with E-state index in [-0.39, 0.29) is 17.4 Å². The van der Waals surface area contributed by atoms with E-state index in [4.69, 9.17) is 14.2 Å². The molecule has 2 amide bonds. The molecule has 0 spiro atoms. The van der Waals surface area contributed by atoms with Crippen molar-refractivity contribution in [3.05, 3.63) is 53.6 Å². The van der Waals surface area contributed by atoms with E-state index in [1.807, 2.05) is 0 Å². The van der Waals surface area contributed by atoms with E-state index in [2.05, 4.69) is 10.6 Å². The minimum atomic E-state index is -0.761. The molecule has 2 N–H and O–H groups in total. The summed E-state index contributed by atoms with van der Waals surface area (Å²) in [6.45, 7) is 1.32. The number of hydrogen-bond acceptors (Lipinski definition) is 7. The van der Waals surface area contributed by atoms with Gasteiger partial charge >= 0.3 is 5.97 Å². The van der Waals surface area contributed by atoms with Crippen molar-refractivity contribution in [3.63, 3.8) is 0 Å². The summed E-state index contributed by atoms with van der Waals surface area (Å²) in [6.07, 6.45) is 0.658. The zero-order valence-electron chi connectivity index (χ0n) is 16.6. The predicted molar refractivity (Wildman–Crippen MR) is 108 cm³/mol. The van der Waals surface area contributed by atoms with Gasteiger partial charge in [0.15, 0.2) is 24.7 Å². The Morgan fingerprint density at radius 2 is 1.83 bits per heavy atom. The molecule has 2 aromatic carbocycles. The van der Waals surface area contributed by atoms with Gasteiger partial charge in [-0.15, -0.1) is 0 Å². The van der Waals surface area contributed by atoms with Crippen LogP contribution in [0.1, 0.15) is 27.6 Å². The summed E-state index contributed by atoms with van der Waals surface area (Å²) in [5, 5.41) is 5.21. The van der Waals surface area contributed by atoms with Crippen LogP contribution in [0.25, 0.3) is 0 Å². The van der Waals surface area contributed by atoms with Crippen LogP contribution in [0.3, 0.4) is 0 Å². The highest BCUT2D eigenvalue weighted by atomic mass is 16.6. The molecule has 0 aliphatic heterocycles. The van der Waals surface area contributed by atoms with Crippen LogP contribution in [0, 0.1) is 0 Å². The molecule has 2 rings (SSSR count). The van der Waals surface area contributed by atoms with E-state index in [1.54, 1.807) is 25.1 Å². The molecule has 158 valence electrons. The Hall–Kier alpha value is -3.88. The van der Waals surface area contributed by atoms with Gasteiger partial charge in [0.2, 0.25) is 0 Å². The Balaban J connectivity index is 1.82. The third-order valence-corrected chi connectivity index (χ3v) is 3.78. The number of ether oxygens (including phenoxy) is 3. The number of rotatable bonds is 10. The number of carbonyl (C=O) groups excluding carboxylic acids is 4. The Bertz CT molecular complexity index is 927. The maximum absolute atomic E-state index is 12.0. The van der Waals surface area contributed by atoms with E-state index in [1.165, 1.54) is 31.4 Å². The smallest absolute Gasteiger partial charge is 0.344 e. The van der Waals surface area contributed by atoms with E-state index in [0.717, 1.165) is 0 Å². The average Bonchev–Trinajstić information content (AvgIpc) is 2.76. The van der Waals surface area contributed by atoms with Crippen LogP contribution in [0.15, 0.2) is 42.5 Å². The van der Waals surface area contributed by atoms with Crippen molar-refractivity contribution in [2.24, 2.45) is 0 Å². The summed E-state index contributed by atoms with van der Waals surface area (Å²) in [4.78, 5) is 46.4. The molecule has 0 saturated heterocycles. The summed E-state index contributed by atoms with van der Waals surface area (Å²) >= 11 is 0. The standard InChI is InChI=1S/C21H22N2O7/c1-3-22-21(27)15-5-4-6-16(10-15)23-19(25)12-30-20(26)13-29-17-8-7-14(11-24)9-18(17)28-2/h4-11H,3,12-13H2,1-2H3,(H,22,27)(H,23,25). The van der Waals surface area contributed by atoms with Gasteiger partial charge in [0.1, 0.15) is 6.29 Å². The normalized spacial score (nSPS) is 9.93. The Kier molecular flexibility index (Phi) is 8.37. The number of carbonyl (C=O) groups is 4. The van der Waals surface area contributed by atoms with Crippen molar-refractivity contribution in [2.75, 3.05) is 32.2 Å². The topological polar surface area (TPSA) is 120 Å². The van der Waals surface area contributed by atoms with Gasteiger partial charge in [-0.3, -0.25) is 14.4 Å². The fraction of sp³-hybridized carbons (Fsp3) is 0.238. The van der Waals surface area contributed by atoms with Crippen LogP contribution >= 0.6 is 0 Å². The third kappa shape index (κ3) is 6.62. The Labute approximate surface area is 173 Å². The molecule has 0 aromatic heterocycles. The molecule has 2 aromatic rings. The molecule has 0 heterocycles. The van der Waals surface area contributed by atoms with Gasteiger partial charge in [0.25, 0.3) is 11.8 Å². The molecule has 0 aliphatic rings. The number of aldehydes is 1. The highest BCUT2D eigenvalue weighted by molar-refractivity contribution is 5.97. The van der Waals surface area contributed by atoms with E-state index >= 15 is 0 Å². The first kappa shape index (κ1) is 22.4. The maximum Gasteiger partial charge on any atom is 0.344 e. The monoisotopic (exact) mass is 414 g/mol. The van der Waals surface area contributed by atoms with Crippen molar-refractivity contribution in [2.45, 2.75) is 6.92 Å². The third-order valence-electron chi connectivity index (χ3n) is 3.78. The molecule has 0 unspecified atom stereocenters. The van der Waals surface area contributed by atoms with Crippen molar-refractivity contribution in [1.29, 1.82) is 0 Å². The van der Waals surface area contributed by atoms with Gasteiger partial charge in [-0.05, 0) is 43.3 Å². The van der Waals surface area contributed by atoms with Crippen molar-refractivity contribution in [1.82, 2.24) is 5.32 Å². The average molecular weight is 414 g/mol. The lowest BCUT2D eigenvalue weighted by Crippen LogP contribution is -2.24. The van der Waals surface area contributed by atoms with Gasteiger partial charge in [-0.2, -0.15) is 0 Å². The van der Waals surface area contributed by atoms with Crippen LogP contribution in [0.5, 0.6) is 11.5 Å². The lowest BCUT2D eigenvalue weighted by Gasteiger charge is -2.11. The second kappa shape index (κ2) is 11.2.